The molecule has 0 unspecified atom stereocenters. The standard InChI is InChI=1S/C17H17BrN2O4/c1-10-14(17(21)23-8-7-22-2)15(13(9-19)16(20)24-10)11-3-5-12(18)6-4-11/h3-6,15H,7-8,20H2,1-2H3/t15-/m1/s1. The average Bonchev–Trinajstić information content (AvgIpc) is 2.55. The predicted octanol–water partition coefficient (Wildman–Crippen LogP) is 2.72. The van der Waals surface area contributed by atoms with Crippen molar-refractivity contribution in [2.45, 2.75) is 12.8 Å². The van der Waals surface area contributed by atoms with Crippen LogP contribution >= 0.6 is 15.9 Å². The van der Waals surface area contributed by atoms with E-state index in [1.165, 1.54) is 7.11 Å². The molecule has 0 saturated carbocycles. The Hall–Kier alpha value is -2.30. The molecule has 1 aromatic rings. The van der Waals surface area contributed by atoms with Gasteiger partial charge in [0, 0.05) is 11.6 Å². The lowest BCUT2D eigenvalue weighted by Gasteiger charge is -2.26. The second-order valence-electron chi connectivity index (χ2n) is 5.07. The minimum absolute atomic E-state index is 0.00337. The highest BCUT2D eigenvalue weighted by atomic mass is 79.9. The summed E-state index contributed by atoms with van der Waals surface area (Å²) in [5.41, 5.74) is 7.04. The zero-order valence-electron chi connectivity index (χ0n) is 13.3. The third-order valence-electron chi connectivity index (χ3n) is 3.55. The van der Waals surface area contributed by atoms with E-state index in [1.54, 1.807) is 6.92 Å². The van der Waals surface area contributed by atoms with Gasteiger partial charge < -0.3 is 19.9 Å². The van der Waals surface area contributed by atoms with Gasteiger partial charge in [-0.3, -0.25) is 0 Å². The molecule has 126 valence electrons. The molecular formula is C17H17BrN2O4. The van der Waals surface area contributed by atoms with Crippen LogP contribution in [0.2, 0.25) is 0 Å². The van der Waals surface area contributed by atoms with E-state index >= 15 is 0 Å². The number of methoxy groups -OCH3 is 1. The van der Waals surface area contributed by atoms with Crippen LogP contribution in [0.3, 0.4) is 0 Å². The van der Waals surface area contributed by atoms with Crippen LogP contribution in [-0.4, -0.2) is 26.3 Å². The van der Waals surface area contributed by atoms with Crippen LogP contribution < -0.4 is 5.73 Å². The van der Waals surface area contributed by atoms with Crippen molar-refractivity contribution >= 4 is 21.9 Å². The van der Waals surface area contributed by atoms with Crippen molar-refractivity contribution in [1.29, 1.82) is 5.26 Å². The van der Waals surface area contributed by atoms with E-state index in [4.69, 9.17) is 19.9 Å². The molecule has 24 heavy (non-hydrogen) atoms. The molecule has 2 rings (SSSR count). The SMILES string of the molecule is COCCOC(=O)C1=C(C)OC(N)=C(C#N)[C@H]1c1ccc(Br)cc1. The second-order valence-corrected chi connectivity index (χ2v) is 5.99. The zero-order chi connectivity index (χ0) is 17.7. The first-order chi connectivity index (χ1) is 11.5. The van der Waals surface area contributed by atoms with Crippen LogP contribution in [0.1, 0.15) is 18.4 Å². The lowest BCUT2D eigenvalue weighted by Crippen LogP contribution is -2.26. The minimum Gasteiger partial charge on any atom is -0.460 e. The van der Waals surface area contributed by atoms with Gasteiger partial charge in [-0.25, -0.2) is 4.79 Å². The number of nitrogens with two attached hydrogens (primary N) is 1. The number of halogens is 1. The molecule has 2 N–H and O–H groups in total. The third kappa shape index (κ3) is 3.78. The molecule has 0 saturated heterocycles. The van der Waals surface area contributed by atoms with E-state index in [-0.39, 0.29) is 30.2 Å². The number of nitriles is 1. The summed E-state index contributed by atoms with van der Waals surface area (Å²) in [6.07, 6.45) is 0. The van der Waals surface area contributed by atoms with Crippen molar-refractivity contribution in [2.75, 3.05) is 20.3 Å². The minimum atomic E-state index is -0.633. The molecule has 0 fully saturated rings. The Balaban J connectivity index is 2.45. The summed E-state index contributed by atoms with van der Waals surface area (Å²) in [6, 6.07) is 9.35. The maximum Gasteiger partial charge on any atom is 0.338 e. The maximum atomic E-state index is 12.5. The van der Waals surface area contributed by atoms with Crippen LogP contribution in [0.4, 0.5) is 0 Å². The van der Waals surface area contributed by atoms with Crippen LogP contribution in [0.5, 0.6) is 0 Å². The number of allylic oxidation sites excluding steroid dienone is 2. The first kappa shape index (κ1) is 18.0. The average molecular weight is 393 g/mol. The van der Waals surface area contributed by atoms with Crippen molar-refractivity contribution in [2.24, 2.45) is 5.73 Å². The Morgan fingerprint density at radius 3 is 2.62 bits per heavy atom. The van der Waals surface area contributed by atoms with Crippen molar-refractivity contribution < 1.29 is 19.0 Å². The molecule has 0 spiro atoms. The Labute approximate surface area is 148 Å². The molecule has 1 aliphatic rings. The Kier molecular flexibility index (Phi) is 6.01. The summed E-state index contributed by atoms with van der Waals surface area (Å²) in [7, 11) is 1.52. The number of nitrogens with zero attached hydrogens (tertiary/aromatic N) is 1. The van der Waals surface area contributed by atoms with Crippen LogP contribution in [-0.2, 0) is 19.0 Å². The molecule has 1 atom stereocenters. The Morgan fingerprint density at radius 1 is 1.38 bits per heavy atom. The molecule has 6 nitrogen and oxygen atoms in total. The normalized spacial score (nSPS) is 17.3. The van der Waals surface area contributed by atoms with E-state index in [0.29, 0.717) is 5.76 Å². The fraction of sp³-hybridized carbons (Fsp3) is 0.294. The van der Waals surface area contributed by atoms with Gasteiger partial charge >= 0.3 is 5.97 Å². The number of ether oxygens (including phenoxy) is 3. The highest BCUT2D eigenvalue weighted by molar-refractivity contribution is 9.10. The van der Waals surface area contributed by atoms with Crippen molar-refractivity contribution in [3.05, 3.63) is 57.1 Å². The summed E-state index contributed by atoms with van der Waals surface area (Å²) < 4.78 is 16.4. The van der Waals surface area contributed by atoms with E-state index in [0.717, 1.165) is 10.0 Å². The number of hydrogen-bond acceptors (Lipinski definition) is 6. The summed E-state index contributed by atoms with van der Waals surface area (Å²) in [5, 5.41) is 9.48. The quantitative estimate of drug-likeness (QED) is 0.611. The van der Waals surface area contributed by atoms with E-state index in [1.807, 2.05) is 30.3 Å². The summed E-state index contributed by atoms with van der Waals surface area (Å²) >= 11 is 3.37. The summed E-state index contributed by atoms with van der Waals surface area (Å²) in [5.74, 6) is -0.872. The van der Waals surface area contributed by atoms with Gasteiger partial charge in [0.2, 0.25) is 5.88 Å². The van der Waals surface area contributed by atoms with Gasteiger partial charge in [0.15, 0.2) is 0 Å². The first-order valence-electron chi connectivity index (χ1n) is 7.19. The third-order valence-corrected chi connectivity index (χ3v) is 4.08. The second kappa shape index (κ2) is 7.99. The molecule has 1 aromatic carbocycles. The fourth-order valence-corrected chi connectivity index (χ4v) is 2.69. The number of rotatable bonds is 5. The number of carbonyl (C=O) groups excluding carboxylic acids is 1. The van der Waals surface area contributed by atoms with E-state index in [2.05, 4.69) is 15.9 Å². The zero-order valence-corrected chi connectivity index (χ0v) is 14.9. The van der Waals surface area contributed by atoms with Gasteiger partial charge in [0.05, 0.1) is 18.1 Å². The smallest absolute Gasteiger partial charge is 0.338 e. The van der Waals surface area contributed by atoms with Crippen LogP contribution in [0.15, 0.2) is 51.5 Å². The summed E-state index contributed by atoms with van der Waals surface area (Å²) in [4.78, 5) is 12.5. The number of hydrogen-bond donors (Lipinski definition) is 1. The van der Waals surface area contributed by atoms with E-state index < -0.39 is 11.9 Å². The highest BCUT2D eigenvalue weighted by Crippen LogP contribution is 2.39. The molecule has 0 radical (unpaired) electrons. The van der Waals surface area contributed by atoms with Gasteiger partial charge in [0.1, 0.15) is 24.0 Å². The molecule has 0 bridgehead atoms. The molecule has 1 heterocycles. The van der Waals surface area contributed by atoms with Crippen molar-refractivity contribution in [1.82, 2.24) is 0 Å². The predicted molar refractivity (Wildman–Crippen MR) is 90.3 cm³/mol. The molecule has 7 heteroatoms. The Bertz CT molecular complexity index is 732. The van der Waals surface area contributed by atoms with Gasteiger partial charge in [-0.1, -0.05) is 28.1 Å². The first-order valence-corrected chi connectivity index (χ1v) is 7.98. The van der Waals surface area contributed by atoms with Gasteiger partial charge in [-0.2, -0.15) is 5.26 Å². The topological polar surface area (TPSA) is 94.6 Å². The number of esters is 1. The number of carbonyl (C=O) groups is 1. The molecule has 1 aliphatic heterocycles. The van der Waals surface area contributed by atoms with Crippen LogP contribution in [0.25, 0.3) is 0 Å². The van der Waals surface area contributed by atoms with Crippen molar-refractivity contribution in [3.8, 4) is 6.07 Å². The Morgan fingerprint density at radius 2 is 2.04 bits per heavy atom. The lowest BCUT2D eigenvalue weighted by molar-refractivity contribution is -0.140. The largest absolute Gasteiger partial charge is 0.460 e. The van der Waals surface area contributed by atoms with Crippen LogP contribution in [0, 0.1) is 11.3 Å². The van der Waals surface area contributed by atoms with Crippen molar-refractivity contribution in [3.63, 3.8) is 0 Å². The monoisotopic (exact) mass is 392 g/mol. The summed E-state index contributed by atoms with van der Waals surface area (Å²) in [6.45, 7) is 2.02. The van der Waals surface area contributed by atoms with Gasteiger partial charge in [0.25, 0.3) is 0 Å². The maximum absolute atomic E-state index is 12.5. The van der Waals surface area contributed by atoms with E-state index in [9.17, 15) is 10.1 Å². The molecule has 0 aromatic heterocycles. The molecule has 0 aliphatic carbocycles. The fourth-order valence-electron chi connectivity index (χ4n) is 2.43. The molecule has 0 amide bonds. The highest BCUT2D eigenvalue weighted by Gasteiger charge is 2.36. The number of benzene rings is 1. The molecular weight excluding hydrogens is 376 g/mol. The van der Waals surface area contributed by atoms with Gasteiger partial charge in [-0.05, 0) is 24.6 Å². The lowest BCUT2D eigenvalue weighted by atomic mass is 9.83. The van der Waals surface area contributed by atoms with Gasteiger partial charge in [-0.15, -0.1) is 0 Å².